The Morgan fingerprint density at radius 2 is 2.03 bits per heavy atom. The number of esters is 1. The van der Waals surface area contributed by atoms with Gasteiger partial charge in [-0.1, -0.05) is 27.5 Å². The van der Waals surface area contributed by atoms with Crippen LogP contribution in [0.2, 0.25) is 5.02 Å². The van der Waals surface area contributed by atoms with Crippen LogP contribution in [0.25, 0.3) is 0 Å². The SMILES string of the molecule is CCOC(=O)[C@H]1[C@@H]2SC3(CC2Br)C(C(=O)Nc2ccc(Cl)cc2)N(CCCCCO)C(=O)[C@H]13. The minimum Gasteiger partial charge on any atom is -0.466 e. The Morgan fingerprint density at radius 3 is 2.70 bits per heavy atom. The van der Waals surface area contributed by atoms with Gasteiger partial charge in [-0.3, -0.25) is 14.4 Å². The van der Waals surface area contributed by atoms with Crippen molar-refractivity contribution in [1.29, 1.82) is 0 Å². The molecule has 0 aromatic heterocycles. The van der Waals surface area contributed by atoms with Gasteiger partial charge >= 0.3 is 5.97 Å². The maximum atomic E-state index is 13.7. The highest BCUT2D eigenvalue weighted by molar-refractivity contribution is 9.09. The number of aliphatic hydroxyl groups excluding tert-OH is 1. The van der Waals surface area contributed by atoms with Gasteiger partial charge in [-0.2, -0.15) is 0 Å². The molecule has 0 saturated carbocycles. The number of fused-ring (bicyclic) bond motifs is 1. The van der Waals surface area contributed by atoms with Crippen molar-refractivity contribution in [3.05, 3.63) is 29.3 Å². The van der Waals surface area contributed by atoms with Crippen molar-refractivity contribution in [3.8, 4) is 0 Å². The summed E-state index contributed by atoms with van der Waals surface area (Å²) in [6, 6.07) is 6.16. The van der Waals surface area contributed by atoms with Crippen LogP contribution < -0.4 is 5.32 Å². The van der Waals surface area contributed by atoms with E-state index in [1.807, 2.05) is 0 Å². The Hall–Kier alpha value is -1.29. The Morgan fingerprint density at radius 1 is 1.30 bits per heavy atom. The van der Waals surface area contributed by atoms with Crippen molar-refractivity contribution in [2.45, 2.75) is 53.5 Å². The van der Waals surface area contributed by atoms with E-state index in [1.54, 1.807) is 47.9 Å². The molecular formula is C23H28BrClN2O5S. The van der Waals surface area contributed by atoms with Gasteiger partial charge < -0.3 is 20.1 Å². The molecule has 2 N–H and O–H groups in total. The number of nitrogens with zero attached hydrogens (tertiary/aromatic N) is 1. The van der Waals surface area contributed by atoms with Gasteiger partial charge in [0.15, 0.2) is 0 Å². The molecule has 0 aliphatic carbocycles. The first-order valence-corrected chi connectivity index (χ1v) is 13.5. The predicted molar refractivity (Wildman–Crippen MR) is 132 cm³/mol. The fourth-order valence-electron chi connectivity index (χ4n) is 5.49. The number of carbonyl (C=O) groups is 3. The predicted octanol–water partition coefficient (Wildman–Crippen LogP) is 3.47. The van der Waals surface area contributed by atoms with E-state index in [0.29, 0.717) is 36.5 Å². The van der Waals surface area contributed by atoms with Crippen molar-refractivity contribution in [3.63, 3.8) is 0 Å². The number of aliphatic hydroxyl groups is 1. The van der Waals surface area contributed by atoms with Gasteiger partial charge in [0.2, 0.25) is 11.8 Å². The van der Waals surface area contributed by atoms with E-state index in [-0.39, 0.29) is 41.1 Å². The second-order valence-electron chi connectivity index (χ2n) is 8.73. The molecule has 3 heterocycles. The zero-order chi connectivity index (χ0) is 23.8. The normalized spacial score (nSPS) is 32.2. The first kappa shape index (κ1) is 24.8. The summed E-state index contributed by atoms with van der Waals surface area (Å²) in [5.74, 6) is -1.93. The number of likely N-dealkylation sites (tertiary alicyclic amines) is 1. The summed E-state index contributed by atoms with van der Waals surface area (Å²) in [5, 5.41) is 12.5. The van der Waals surface area contributed by atoms with E-state index in [9.17, 15) is 14.4 Å². The molecule has 10 heteroatoms. The molecule has 3 saturated heterocycles. The lowest BCUT2D eigenvalue weighted by Crippen LogP contribution is -2.52. The van der Waals surface area contributed by atoms with Crippen LogP contribution in [-0.4, -0.2) is 68.4 Å². The second-order valence-corrected chi connectivity index (χ2v) is 11.9. The number of amides is 2. The molecule has 6 atom stereocenters. The fourth-order valence-corrected chi connectivity index (χ4v) is 9.22. The highest BCUT2D eigenvalue weighted by atomic mass is 79.9. The smallest absolute Gasteiger partial charge is 0.310 e. The molecular weight excluding hydrogens is 532 g/mol. The van der Waals surface area contributed by atoms with Gasteiger partial charge in [-0.15, -0.1) is 11.8 Å². The number of carbonyl (C=O) groups excluding carboxylic acids is 3. The molecule has 3 fully saturated rings. The third-order valence-electron chi connectivity index (χ3n) is 6.77. The Bertz CT molecular complexity index is 919. The standard InChI is InChI=1S/C23H28BrClN2O5S/c1-2-32-22(31)16-17-21(30)27(10-4-3-5-11-28)19(23(17)12-15(24)18(16)33-23)20(29)26-14-8-6-13(25)7-9-14/h6-9,15-19,28H,2-5,10-12H2,1H3,(H,26,29)/t15?,16-,17+,18-,19?,23?/m1/s1. The maximum Gasteiger partial charge on any atom is 0.310 e. The molecule has 0 radical (unpaired) electrons. The highest BCUT2D eigenvalue weighted by Crippen LogP contribution is 2.67. The molecule has 1 aromatic carbocycles. The molecule has 7 nitrogen and oxygen atoms in total. The highest BCUT2D eigenvalue weighted by Gasteiger charge is 2.75. The number of unbranched alkanes of at least 4 members (excludes halogenated alkanes) is 2. The van der Waals surface area contributed by atoms with Crippen LogP contribution in [0.3, 0.4) is 0 Å². The lowest BCUT2D eigenvalue weighted by Gasteiger charge is -2.35. The summed E-state index contributed by atoms with van der Waals surface area (Å²) in [6.07, 6.45) is 2.70. The number of halogens is 2. The molecule has 1 spiro atoms. The number of ether oxygens (including phenoxy) is 1. The summed E-state index contributed by atoms with van der Waals surface area (Å²) in [4.78, 5) is 42.0. The van der Waals surface area contributed by atoms with Crippen molar-refractivity contribution in [1.82, 2.24) is 4.90 Å². The molecule has 3 aliphatic rings. The fraction of sp³-hybridized carbons (Fsp3) is 0.609. The van der Waals surface area contributed by atoms with Crippen LogP contribution in [0.15, 0.2) is 24.3 Å². The zero-order valence-electron chi connectivity index (χ0n) is 18.3. The number of benzene rings is 1. The van der Waals surface area contributed by atoms with E-state index in [4.69, 9.17) is 21.4 Å². The van der Waals surface area contributed by atoms with Gasteiger partial charge in [0, 0.05) is 33.9 Å². The molecule has 3 aliphatic heterocycles. The number of nitrogens with one attached hydrogen (secondary N) is 1. The van der Waals surface area contributed by atoms with E-state index in [1.165, 1.54) is 0 Å². The zero-order valence-corrected chi connectivity index (χ0v) is 21.5. The Balaban J connectivity index is 1.66. The van der Waals surface area contributed by atoms with Gasteiger partial charge in [-0.25, -0.2) is 0 Å². The topological polar surface area (TPSA) is 95.9 Å². The van der Waals surface area contributed by atoms with E-state index in [0.717, 1.165) is 6.42 Å². The summed E-state index contributed by atoms with van der Waals surface area (Å²) < 4.78 is 4.65. The minimum absolute atomic E-state index is 0.0149. The van der Waals surface area contributed by atoms with Crippen LogP contribution in [0.4, 0.5) is 5.69 Å². The van der Waals surface area contributed by atoms with Crippen molar-refractivity contribution in [2.24, 2.45) is 11.8 Å². The maximum absolute atomic E-state index is 13.7. The first-order chi connectivity index (χ1) is 15.8. The summed E-state index contributed by atoms with van der Waals surface area (Å²) >= 11 is 11.3. The summed E-state index contributed by atoms with van der Waals surface area (Å²) in [6.45, 7) is 2.50. The van der Waals surface area contributed by atoms with Crippen molar-refractivity contribution >= 4 is 62.8 Å². The number of hydrogen-bond acceptors (Lipinski definition) is 6. The van der Waals surface area contributed by atoms with Gasteiger partial charge in [0.25, 0.3) is 0 Å². The molecule has 3 unspecified atom stereocenters. The van der Waals surface area contributed by atoms with E-state index in [2.05, 4.69) is 21.2 Å². The monoisotopic (exact) mass is 558 g/mol. The number of anilines is 1. The average molecular weight is 560 g/mol. The van der Waals surface area contributed by atoms with Crippen LogP contribution >= 0.6 is 39.3 Å². The first-order valence-electron chi connectivity index (χ1n) is 11.3. The van der Waals surface area contributed by atoms with Crippen molar-refractivity contribution < 1.29 is 24.2 Å². The van der Waals surface area contributed by atoms with Crippen LogP contribution in [0, 0.1) is 11.8 Å². The van der Waals surface area contributed by atoms with E-state index < -0.39 is 22.6 Å². The molecule has 4 rings (SSSR count). The quantitative estimate of drug-likeness (QED) is 0.273. The molecule has 180 valence electrons. The number of thioether (sulfide) groups is 1. The molecule has 2 bridgehead atoms. The molecule has 33 heavy (non-hydrogen) atoms. The third-order valence-corrected chi connectivity index (χ3v) is 10.2. The number of rotatable bonds is 9. The van der Waals surface area contributed by atoms with Crippen LogP contribution in [0.5, 0.6) is 0 Å². The second kappa shape index (κ2) is 10.1. The third kappa shape index (κ3) is 4.42. The lowest BCUT2D eigenvalue weighted by molar-refractivity contribution is -0.153. The van der Waals surface area contributed by atoms with Gasteiger partial charge in [0.1, 0.15) is 6.04 Å². The number of hydrogen-bond donors (Lipinski definition) is 2. The lowest BCUT2D eigenvalue weighted by atomic mass is 9.71. The van der Waals surface area contributed by atoms with Gasteiger partial charge in [0.05, 0.1) is 23.2 Å². The molecule has 2 amide bonds. The summed E-state index contributed by atoms with van der Waals surface area (Å²) in [7, 11) is 0. The minimum atomic E-state index is -0.700. The largest absolute Gasteiger partial charge is 0.466 e. The number of alkyl halides is 1. The van der Waals surface area contributed by atoms with E-state index >= 15 is 0 Å². The summed E-state index contributed by atoms with van der Waals surface area (Å²) in [5.41, 5.74) is 0.604. The van der Waals surface area contributed by atoms with Gasteiger partial charge in [-0.05, 0) is 56.9 Å². The van der Waals surface area contributed by atoms with Crippen LogP contribution in [-0.2, 0) is 19.1 Å². The Labute approximate surface area is 211 Å². The van der Waals surface area contributed by atoms with Crippen LogP contribution in [0.1, 0.15) is 32.6 Å². The van der Waals surface area contributed by atoms with Crippen molar-refractivity contribution in [2.75, 3.05) is 25.1 Å². The Kier molecular flexibility index (Phi) is 7.63. The molecule has 1 aromatic rings. The average Bonchev–Trinajstić information content (AvgIpc) is 3.36.